The molecular weight excluding hydrogens is 324 g/mol. The highest BCUT2D eigenvalue weighted by Crippen LogP contribution is 2.15. The van der Waals surface area contributed by atoms with E-state index in [4.69, 9.17) is 0 Å². The molecule has 2 N–H and O–H groups in total. The molecule has 1 aromatic carbocycles. The van der Waals surface area contributed by atoms with Gasteiger partial charge in [0.1, 0.15) is 0 Å². The van der Waals surface area contributed by atoms with E-state index >= 15 is 0 Å². The number of carbonyl (C=O) groups excluding carboxylic acids is 1. The maximum Gasteiger partial charge on any atom is 0.237 e. The van der Waals surface area contributed by atoms with E-state index in [2.05, 4.69) is 50.8 Å². The molecule has 1 aromatic rings. The molecule has 0 bridgehead atoms. The van der Waals surface area contributed by atoms with Crippen molar-refractivity contribution in [2.45, 2.75) is 25.3 Å². The van der Waals surface area contributed by atoms with Crippen LogP contribution in [0, 0.1) is 0 Å². The number of piperazine rings is 1. The number of hydrogen-bond acceptors (Lipinski definition) is 4. The van der Waals surface area contributed by atoms with Gasteiger partial charge in [0, 0.05) is 38.4 Å². The summed E-state index contributed by atoms with van der Waals surface area (Å²) in [6.07, 6.45) is 3.13. The Morgan fingerprint density at radius 1 is 1.17 bits per heavy atom. The third-order valence-corrected chi connectivity index (χ3v) is 4.82. The summed E-state index contributed by atoms with van der Waals surface area (Å²) in [5, 5.41) is 6.30. The van der Waals surface area contributed by atoms with E-state index in [-0.39, 0.29) is 24.4 Å². The van der Waals surface area contributed by atoms with Crippen LogP contribution in [0.1, 0.15) is 19.3 Å². The topological polar surface area (TPSA) is 47.6 Å². The molecule has 5 nitrogen and oxygen atoms in total. The Morgan fingerprint density at radius 3 is 2.58 bits per heavy atom. The number of hydrogen-bond donors (Lipinski definition) is 2. The summed E-state index contributed by atoms with van der Waals surface area (Å²) < 4.78 is 0. The molecule has 0 radical (unpaired) electrons. The van der Waals surface area contributed by atoms with E-state index in [0.717, 1.165) is 65.1 Å². The van der Waals surface area contributed by atoms with E-state index in [9.17, 15) is 4.79 Å². The number of halogens is 1. The second-order valence-corrected chi connectivity index (χ2v) is 6.46. The van der Waals surface area contributed by atoms with Crippen molar-refractivity contribution < 1.29 is 4.79 Å². The lowest BCUT2D eigenvalue weighted by Gasteiger charge is -2.36. The lowest BCUT2D eigenvalue weighted by molar-refractivity contribution is -0.122. The van der Waals surface area contributed by atoms with Crippen molar-refractivity contribution in [3.63, 3.8) is 0 Å². The fourth-order valence-corrected chi connectivity index (χ4v) is 3.41. The molecule has 0 aliphatic carbocycles. The highest BCUT2D eigenvalue weighted by atomic mass is 35.5. The SMILES string of the molecule is Cl.O=C(NCCCN1CCN(c2ccccc2)CC1)C1CCCN1. The van der Waals surface area contributed by atoms with Gasteiger partial charge in [-0.2, -0.15) is 0 Å². The fraction of sp³-hybridized carbons (Fsp3) is 0.611. The zero-order chi connectivity index (χ0) is 15.9. The molecule has 2 heterocycles. The van der Waals surface area contributed by atoms with E-state index in [1.807, 2.05) is 0 Å². The highest BCUT2D eigenvalue weighted by molar-refractivity contribution is 5.85. The summed E-state index contributed by atoms with van der Waals surface area (Å²) in [5.74, 6) is 0.177. The molecular formula is C18H29ClN4O. The van der Waals surface area contributed by atoms with Gasteiger partial charge < -0.3 is 15.5 Å². The first-order valence-electron chi connectivity index (χ1n) is 8.86. The van der Waals surface area contributed by atoms with Crippen LogP contribution in [0.5, 0.6) is 0 Å². The first-order valence-corrected chi connectivity index (χ1v) is 8.86. The van der Waals surface area contributed by atoms with Gasteiger partial charge >= 0.3 is 0 Å². The summed E-state index contributed by atoms with van der Waals surface area (Å²) in [6.45, 7) is 7.21. The predicted molar refractivity (Wildman–Crippen MR) is 101 cm³/mol. The molecule has 1 unspecified atom stereocenters. The number of para-hydroxylation sites is 1. The molecule has 0 aromatic heterocycles. The Bertz CT molecular complexity index is 485. The standard InChI is InChI=1S/C18H28N4O.ClH/c23-18(17-8-4-9-19-17)20-10-5-11-21-12-14-22(15-13-21)16-6-2-1-3-7-16;/h1-3,6-7,17,19H,4-5,8-15H2,(H,20,23);1H. The summed E-state index contributed by atoms with van der Waals surface area (Å²) in [5.41, 5.74) is 1.32. The van der Waals surface area contributed by atoms with Gasteiger partial charge in [0.2, 0.25) is 5.91 Å². The molecule has 24 heavy (non-hydrogen) atoms. The first kappa shape index (κ1) is 19.0. The quantitative estimate of drug-likeness (QED) is 0.761. The van der Waals surface area contributed by atoms with Crippen molar-refractivity contribution >= 4 is 24.0 Å². The van der Waals surface area contributed by atoms with E-state index in [0.29, 0.717) is 0 Å². The summed E-state index contributed by atoms with van der Waals surface area (Å²) >= 11 is 0. The first-order chi connectivity index (χ1) is 11.3. The van der Waals surface area contributed by atoms with Gasteiger partial charge in [-0.1, -0.05) is 18.2 Å². The zero-order valence-electron chi connectivity index (χ0n) is 14.2. The van der Waals surface area contributed by atoms with E-state index < -0.39 is 0 Å². The number of nitrogens with one attached hydrogen (secondary N) is 2. The average molecular weight is 353 g/mol. The molecule has 1 atom stereocenters. The molecule has 2 aliphatic rings. The predicted octanol–water partition coefficient (Wildman–Crippen LogP) is 1.49. The zero-order valence-corrected chi connectivity index (χ0v) is 15.1. The van der Waals surface area contributed by atoms with Crippen LogP contribution in [-0.4, -0.2) is 62.7 Å². The summed E-state index contributed by atoms with van der Waals surface area (Å²) in [4.78, 5) is 16.9. The Morgan fingerprint density at radius 2 is 1.92 bits per heavy atom. The number of carbonyl (C=O) groups is 1. The number of benzene rings is 1. The molecule has 1 amide bonds. The van der Waals surface area contributed by atoms with Crippen LogP contribution < -0.4 is 15.5 Å². The lowest BCUT2D eigenvalue weighted by atomic mass is 10.2. The van der Waals surface area contributed by atoms with Crippen molar-refractivity contribution in [3.8, 4) is 0 Å². The van der Waals surface area contributed by atoms with E-state index in [1.165, 1.54) is 5.69 Å². The Kier molecular flexibility index (Phi) is 7.82. The van der Waals surface area contributed by atoms with Crippen molar-refractivity contribution in [2.24, 2.45) is 0 Å². The molecule has 134 valence electrons. The van der Waals surface area contributed by atoms with Crippen LogP contribution in [0.25, 0.3) is 0 Å². The van der Waals surface area contributed by atoms with Crippen LogP contribution in [0.3, 0.4) is 0 Å². The number of anilines is 1. The van der Waals surface area contributed by atoms with Gasteiger partial charge in [0.15, 0.2) is 0 Å². The molecule has 2 aliphatic heterocycles. The minimum atomic E-state index is 0. The smallest absolute Gasteiger partial charge is 0.237 e. The lowest BCUT2D eigenvalue weighted by Crippen LogP contribution is -2.47. The molecule has 3 rings (SSSR count). The van der Waals surface area contributed by atoms with Crippen molar-refractivity contribution in [1.82, 2.24) is 15.5 Å². The number of rotatable bonds is 6. The second-order valence-electron chi connectivity index (χ2n) is 6.46. The minimum absolute atomic E-state index is 0. The second kappa shape index (κ2) is 9.87. The number of amides is 1. The molecule has 0 saturated carbocycles. The van der Waals surface area contributed by atoms with Gasteiger partial charge in [-0.05, 0) is 44.5 Å². The molecule has 0 spiro atoms. The van der Waals surface area contributed by atoms with Gasteiger partial charge in [0.25, 0.3) is 0 Å². The van der Waals surface area contributed by atoms with Gasteiger partial charge in [-0.25, -0.2) is 0 Å². The van der Waals surface area contributed by atoms with Gasteiger partial charge in [-0.15, -0.1) is 12.4 Å². The van der Waals surface area contributed by atoms with Crippen LogP contribution in [0.15, 0.2) is 30.3 Å². The Hall–Kier alpha value is -1.30. The third-order valence-electron chi connectivity index (χ3n) is 4.82. The highest BCUT2D eigenvalue weighted by Gasteiger charge is 2.21. The van der Waals surface area contributed by atoms with E-state index in [1.54, 1.807) is 0 Å². The van der Waals surface area contributed by atoms with Gasteiger partial charge in [-0.3, -0.25) is 9.69 Å². The molecule has 2 saturated heterocycles. The van der Waals surface area contributed by atoms with Crippen molar-refractivity contribution in [2.75, 3.05) is 50.7 Å². The summed E-state index contributed by atoms with van der Waals surface area (Å²) in [7, 11) is 0. The van der Waals surface area contributed by atoms with Crippen LogP contribution in [0.2, 0.25) is 0 Å². The average Bonchev–Trinajstić information content (AvgIpc) is 3.15. The number of nitrogens with zero attached hydrogens (tertiary/aromatic N) is 2. The molecule has 2 fully saturated rings. The minimum Gasteiger partial charge on any atom is -0.369 e. The van der Waals surface area contributed by atoms with Crippen LogP contribution in [-0.2, 0) is 4.79 Å². The fourth-order valence-electron chi connectivity index (χ4n) is 3.41. The van der Waals surface area contributed by atoms with Crippen molar-refractivity contribution in [1.29, 1.82) is 0 Å². The van der Waals surface area contributed by atoms with Crippen LogP contribution >= 0.6 is 12.4 Å². The Labute approximate surface area is 151 Å². The normalized spacial score (nSPS) is 21.3. The monoisotopic (exact) mass is 352 g/mol. The third kappa shape index (κ3) is 5.36. The maximum absolute atomic E-state index is 11.9. The van der Waals surface area contributed by atoms with Crippen LogP contribution in [0.4, 0.5) is 5.69 Å². The molecule has 6 heteroatoms. The Balaban J connectivity index is 0.00000208. The van der Waals surface area contributed by atoms with Crippen molar-refractivity contribution in [3.05, 3.63) is 30.3 Å². The largest absolute Gasteiger partial charge is 0.369 e. The van der Waals surface area contributed by atoms with Gasteiger partial charge in [0.05, 0.1) is 6.04 Å². The maximum atomic E-state index is 11.9. The summed E-state index contributed by atoms with van der Waals surface area (Å²) in [6, 6.07) is 10.7.